The van der Waals surface area contributed by atoms with Crippen molar-refractivity contribution in [1.82, 2.24) is 10.2 Å². The van der Waals surface area contributed by atoms with Crippen molar-refractivity contribution in [2.45, 2.75) is 19.9 Å². The lowest BCUT2D eigenvalue weighted by Gasteiger charge is -2.28. The summed E-state index contributed by atoms with van der Waals surface area (Å²) in [4.78, 5) is 13.3. The van der Waals surface area contributed by atoms with Crippen molar-refractivity contribution in [3.63, 3.8) is 0 Å². The third kappa shape index (κ3) is 1.96. The zero-order valence-electron chi connectivity index (χ0n) is 9.21. The monoisotopic (exact) mass is 204 g/mol. The molecule has 0 spiro atoms. The van der Waals surface area contributed by atoms with Crippen molar-refractivity contribution in [1.29, 1.82) is 0 Å². The fourth-order valence-corrected chi connectivity index (χ4v) is 2.02. The van der Waals surface area contributed by atoms with Crippen LogP contribution in [0.25, 0.3) is 0 Å². The molecule has 0 bridgehead atoms. The number of amides is 2. The van der Waals surface area contributed by atoms with Crippen LogP contribution in [-0.4, -0.2) is 24.5 Å². The average molecular weight is 204 g/mol. The predicted octanol–water partition coefficient (Wildman–Crippen LogP) is 1.69. The number of hydrogen-bond donors (Lipinski definition) is 1. The Hall–Kier alpha value is -1.51. The maximum Gasteiger partial charge on any atom is 0.317 e. The van der Waals surface area contributed by atoms with E-state index in [0.29, 0.717) is 0 Å². The third-order valence-corrected chi connectivity index (χ3v) is 2.88. The molecule has 1 heterocycles. The van der Waals surface area contributed by atoms with E-state index in [-0.39, 0.29) is 6.03 Å². The fraction of sp³-hybridized carbons (Fsp3) is 0.417. The molecular weight excluding hydrogens is 188 g/mol. The molecule has 80 valence electrons. The van der Waals surface area contributed by atoms with Crippen molar-refractivity contribution in [3.05, 3.63) is 34.9 Å². The first-order valence-electron chi connectivity index (χ1n) is 5.26. The maximum atomic E-state index is 11.5. The minimum absolute atomic E-state index is 0.0159. The number of rotatable bonds is 0. The Labute approximate surface area is 90.1 Å². The summed E-state index contributed by atoms with van der Waals surface area (Å²) in [5, 5.41) is 2.67. The summed E-state index contributed by atoms with van der Waals surface area (Å²) in [7, 11) is 1.67. The molecule has 1 aliphatic rings. The zero-order chi connectivity index (χ0) is 10.8. The van der Waals surface area contributed by atoms with Gasteiger partial charge in [0, 0.05) is 20.1 Å². The lowest BCUT2D eigenvalue weighted by atomic mass is 9.98. The Balaban J connectivity index is 2.22. The van der Waals surface area contributed by atoms with Crippen molar-refractivity contribution < 1.29 is 4.79 Å². The SMILES string of the molecule is CNC(=O)N1CCc2ccc(C)cc2C1. The third-order valence-electron chi connectivity index (χ3n) is 2.88. The first-order chi connectivity index (χ1) is 7.20. The summed E-state index contributed by atoms with van der Waals surface area (Å²) in [6.07, 6.45) is 0.961. The summed E-state index contributed by atoms with van der Waals surface area (Å²) >= 11 is 0. The molecule has 0 saturated carbocycles. The first-order valence-corrected chi connectivity index (χ1v) is 5.26. The molecule has 1 N–H and O–H groups in total. The fourth-order valence-electron chi connectivity index (χ4n) is 2.02. The Kier molecular flexibility index (Phi) is 2.62. The normalized spacial score (nSPS) is 14.7. The number of carbonyl (C=O) groups is 1. The number of urea groups is 1. The molecule has 2 amide bonds. The molecule has 0 saturated heterocycles. The smallest absolute Gasteiger partial charge is 0.317 e. The van der Waals surface area contributed by atoms with Crippen LogP contribution in [0.15, 0.2) is 18.2 Å². The molecule has 15 heavy (non-hydrogen) atoms. The van der Waals surface area contributed by atoms with Crippen LogP contribution >= 0.6 is 0 Å². The average Bonchev–Trinajstić information content (AvgIpc) is 2.27. The summed E-state index contributed by atoms with van der Waals surface area (Å²) in [6.45, 7) is 3.63. The van der Waals surface area contributed by atoms with Crippen LogP contribution in [0.4, 0.5) is 4.79 Å². The van der Waals surface area contributed by atoms with Crippen LogP contribution in [0.1, 0.15) is 16.7 Å². The van der Waals surface area contributed by atoms with Crippen LogP contribution in [-0.2, 0) is 13.0 Å². The van der Waals surface area contributed by atoms with Gasteiger partial charge in [-0.3, -0.25) is 0 Å². The van der Waals surface area contributed by atoms with E-state index >= 15 is 0 Å². The summed E-state index contributed by atoms with van der Waals surface area (Å²) < 4.78 is 0. The molecule has 1 aromatic carbocycles. The van der Waals surface area contributed by atoms with Gasteiger partial charge in [-0.15, -0.1) is 0 Å². The molecule has 1 aromatic rings. The Morgan fingerprint density at radius 3 is 2.93 bits per heavy atom. The highest BCUT2D eigenvalue weighted by Crippen LogP contribution is 2.19. The van der Waals surface area contributed by atoms with Crippen molar-refractivity contribution in [2.75, 3.05) is 13.6 Å². The Morgan fingerprint density at radius 2 is 2.20 bits per heavy atom. The number of fused-ring (bicyclic) bond motifs is 1. The summed E-state index contributed by atoms with van der Waals surface area (Å²) in [5.74, 6) is 0. The maximum absolute atomic E-state index is 11.5. The number of hydrogen-bond acceptors (Lipinski definition) is 1. The number of benzene rings is 1. The molecule has 0 radical (unpaired) electrons. The minimum atomic E-state index is 0.0159. The highest BCUT2D eigenvalue weighted by molar-refractivity contribution is 5.74. The molecule has 0 aromatic heterocycles. The standard InChI is InChI=1S/C12H16N2O/c1-9-3-4-10-5-6-14(12(15)13-2)8-11(10)7-9/h3-4,7H,5-6,8H2,1-2H3,(H,13,15). The van der Waals surface area contributed by atoms with Gasteiger partial charge in [0.25, 0.3) is 0 Å². The van der Waals surface area contributed by atoms with E-state index in [0.717, 1.165) is 19.5 Å². The molecule has 3 nitrogen and oxygen atoms in total. The highest BCUT2D eigenvalue weighted by atomic mass is 16.2. The lowest BCUT2D eigenvalue weighted by Crippen LogP contribution is -2.41. The molecule has 2 rings (SSSR count). The van der Waals surface area contributed by atoms with Crippen LogP contribution in [0.3, 0.4) is 0 Å². The van der Waals surface area contributed by atoms with E-state index < -0.39 is 0 Å². The van der Waals surface area contributed by atoms with Gasteiger partial charge in [-0.1, -0.05) is 23.8 Å². The van der Waals surface area contributed by atoms with Crippen molar-refractivity contribution in [3.8, 4) is 0 Å². The van der Waals surface area contributed by atoms with E-state index in [1.54, 1.807) is 7.05 Å². The van der Waals surface area contributed by atoms with Gasteiger partial charge < -0.3 is 10.2 Å². The molecule has 0 unspecified atom stereocenters. The van der Waals surface area contributed by atoms with E-state index in [9.17, 15) is 4.79 Å². The molecule has 0 atom stereocenters. The zero-order valence-corrected chi connectivity index (χ0v) is 9.21. The van der Waals surface area contributed by atoms with E-state index in [1.165, 1.54) is 16.7 Å². The molecule has 3 heteroatoms. The van der Waals surface area contributed by atoms with Crippen LogP contribution in [0.2, 0.25) is 0 Å². The Morgan fingerprint density at radius 1 is 1.40 bits per heavy atom. The van der Waals surface area contributed by atoms with Gasteiger partial charge in [-0.05, 0) is 24.5 Å². The van der Waals surface area contributed by atoms with Gasteiger partial charge in [0.2, 0.25) is 0 Å². The van der Waals surface area contributed by atoms with Gasteiger partial charge in [0.1, 0.15) is 0 Å². The number of nitrogens with zero attached hydrogens (tertiary/aromatic N) is 1. The van der Waals surface area contributed by atoms with Crippen LogP contribution in [0, 0.1) is 6.92 Å². The predicted molar refractivity (Wildman–Crippen MR) is 59.7 cm³/mol. The second-order valence-electron chi connectivity index (χ2n) is 4.00. The van der Waals surface area contributed by atoms with E-state index in [4.69, 9.17) is 0 Å². The van der Waals surface area contributed by atoms with Gasteiger partial charge >= 0.3 is 6.03 Å². The second-order valence-corrected chi connectivity index (χ2v) is 4.00. The number of carbonyl (C=O) groups excluding carboxylic acids is 1. The minimum Gasteiger partial charge on any atom is -0.341 e. The quantitative estimate of drug-likeness (QED) is 0.685. The number of nitrogens with one attached hydrogen (secondary N) is 1. The molecular formula is C12H16N2O. The van der Waals surface area contributed by atoms with Gasteiger partial charge in [0.15, 0.2) is 0 Å². The van der Waals surface area contributed by atoms with Gasteiger partial charge in [-0.2, -0.15) is 0 Å². The van der Waals surface area contributed by atoms with Crippen molar-refractivity contribution >= 4 is 6.03 Å². The number of aryl methyl sites for hydroxylation is 1. The van der Waals surface area contributed by atoms with Crippen LogP contribution in [0.5, 0.6) is 0 Å². The van der Waals surface area contributed by atoms with Crippen molar-refractivity contribution in [2.24, 2.45) is 0 Å². The Bertz CT molecular complexity index is 387. The van der Waals surface area contributed by atoms with Crippen LogP contribution < -0.4 is 5.32 Å². The first kappa shape index (κ1) is 10.0. The second kappa shape index (κ2) is 3.93. The van der Waals surface area contributed by atoms with E-state index in [1.807, 2.05) is 4.90 Å². The highest BCUT2D eigenvalue weighted by Gasteiger charge is 2.19. The molecule has 0 fully saturated rings. The van der Waals surface area contributed by atoms with Gasteiger partial charge in [0.05, 0.1) is 0 Å². The summed E-state index contributed by atoms with van der Waals surface area (Å²) in [5.41, 5.74) is 3.91. The van der Waals surface area contributed by atoms with E-state index in [2.05, 4.69) is 30.4 Å². The van der Waals surface area contributed by atoms with Gasteiger partial charge in [-0.25, -0.2) is 4.79 Å². The lowest BCUT2D eigenvalue weighted by molar-refractivity contribution is 0.194. The summed E-state index contributed by atoms with van der Waals surface area (Å²) in [6, 6.07) is 6.49. The molecule has 0 aliphatic carbocycles. The molecule has 1 aliphatic heterocycles. The largest absolute Gasteiger partial charge is 0.341 e. The topological polar surface area (TPSA) is 32.3 Å².